The van der Waals surface area contributed by atoms with Gasteiger partial charge in [-0.25, -0.2) is 19.3 Å². The van der Waals surface area contributed by atoms with Gasteiger partial charge in [0.15, 0.2) is 5.16 Å². The van der Waals surface area contributed by atoms with Crippen molar-refractivity contribution in [2.75, 3.05) is 31.9 Å². The van der Waals surface area contributed by atoms with Gasteiger partial charge in [-0.2, -0.15) is 0 Å². The van der Waals surface area contributed by atoms with E-state index in [0.717, 1.165) is 81.1 Å². The third-order valence-corrected chi connectivity index (χ3v) is 8.94. The number of benzene rings is 1. The van der Waals surface area contributed by atoms with Gasteiger partial charge in [0.1, 0.15) is 5.82 Å². The second-order valence-corrected chi connectivity index (χ2v) is 11.7. The number of rotatable bonds is 7. The Balaban J connectivity index is 1.19. The van der Waals surface area contributed by atoms with Gasteiger partial charge in [0.25, 0.3) is 0 Å². The van der Waals surface area contributed by atoms with Crippen molar-refractivity contribution in [3.8, 4) is 0 Å². The van der Waals surface area contributed by atoms with Crippen LogP contribution < -0.4 is 5.73 Å². The second kappa shape index (κ2) is 11.3. The number of hydrogen-bond acceptors (Lipinski definition) is 7. The molecule has 2 fully saturated rings. The number of likely N-dealkylation sites (tertiary alicyclic amines) is 2. The molecule has 0 radical (unpaired) electrons. The topological polar surface area (TPSA) is 93.2 Å². The molecule has 2 aromatic heterocycles. The molecule has 2 aliphatic heterocycles. The molecule has 3 aromatic rings. The van der Waals surface area contributed by atoms with E-state index < -0.39 is 0 Å². The van der Waals surface area contributed by atoms with Crippen LogP contribution in [0.2, 0.25) is 0 Å². The third kappa shape index (κ3) is 5.90. The van der Waals surface area contributed by atoms with Gasteiger partial charge in [-0.1, -0.05) is 25.6 Å². The van der Waals surface area contributed by atoms with E-state index in [1.54, 1.807) is 24.2 Å². The number of nitrogens with two attached hydrogens (primary N) is 1. The number of piperidine rings is 2. The zero-order valence-electron chi connectivity index (χ0n) is 21.6. The number of anilines is 1. The number of aromatic nitrogens is 4. The van der Waals surface area contributed by atoms with Crippen molar-refractivity contribution in [1.82, 2.24) is 29.3 Å². The fraction of sp³-hybridized carbons (Fsp3) is 0.556. The quantitative estimate of drug-likeness (QED) is 0.454. The predicted octanol–water partition coefficient (Wildman–Crippen LogP) is 4.51. The molecule has 2 N–H and O–H groups in total. The molecule has 37 heavy (non-hydrogen) atoms. The summed E-state index contributed by atoms with van der Waals surface area (Å²) in [6.07, 6.45) is 8.12. The van der Waals surface area contributed by atoms with Crippen LogP contribution in [0.3, 0.4) is 0 Å². The molecule has 0 bridgehead atoms. The van der Waals surface area contributed by atoms with Gasteiger partial charge < -0.3 is 15.2 Å². The lowest BCUT2D eigenvalue weighted by Gasteiger charge is -2.38. The fourth-order valence-corrected chi connectivity index (χ4v) is 6.43. The zero-order valence-corrected chi connectivity index (χ0v) is 22.5. The standard InChI is InChI=1S/C27H36FN7OS/c1-3-18(2)37-27-32-23-14-21(28)4-5-24(23)35(27)22-8-12-34(13-9-22)25(36)20-6-10-33(11-7-20)17-19-15-30-26(29)31-16-19/h4-5,14-16,18,20,22H,3,6-13,17H2,1-2H3,(H2,29,30,31). The molecule has 8 nitrogen and oxygen atoms in total. The SMILES string of the molecule is CCC(C)Sc1nc2cc(F)ccc2n1C1CCN(C(=O)C2CCN(Cc3cnc(N)nc3)CC2)CC1. The molecule has 0 saturated carbocycles. The predicted molar refractivity (Wildman–Crippen MR) is 145 cm³/mol. The largest absolute Gasteiger partial charge is 0.368 e. The van der Waals surface area contributed by atoms with Crippen molar-refractivity contribution in [2.45, 2.75) is 68.9 Å². The summed E-state index contributed by atoms with van der Waals surface area (Å²) in [5.41, 5.74) is 8.32. The number of nitrogen functional groups attached to an aromatic ring is 1. The van der Waals surface area contributed by atoms with Gasteiger partial charge in [-0.3, -0.25) is 9.69 Å². The lowest BCUT2D eigenvalue weighted by atomic mass is 9.93. The molecule has 1 aromatic carbocycles. The normalized spacial score (nSPS) is 18.9. The minimum absolute atomic E-state index is 0.0871. The molecule has 10 heteroatoms. The number of carbonyl (C=O) groups excluding carboxylic acids is 1. The maximum Gasteiger partial charge on any atom is 0.225 e. The van der Waals surface area contributed by atoms with Crippen LogP contribution in [-0.2, 0) is 11.3 Å². The number of halogens is 1. The molecule has 198 valence electrons. The van der Waals surface area contributed by atoms with Crippen LogP contribution in [0.4, 0.5) is 10.3 Å². The van der Waals surface area contributed by atoms with Crippen molar-refractivity contribution in [1.29, 1.82) is 0 Å². The Labute approximate surface area is 221 Å². The Kier molecular flexibility index (Phi) is 7.95. The Bertz CT molecular complexity index is 1220. The molecule has 2 saturated heterocycles. The average Bonchev–Trinajstić information content (AvgIpc) is 3.26. The van der Waals surface area contributed by atoms with Crippen molar-refractivity contribution >= 4 is 34.7 Å². The van der Waals surface area contributed by atoms with Crippen molar-refractivity contribution in [3.05, 3.63) is 42.0 Å². The Morgan fingerprint density at radius 1 is 1.14 bits per heavy atom. The molecule has 1 unspecified atom stereocenters. The van der Waals surface area contributed by atoms with Gasteiger partial charge >= 0.3 is 0 Å². The number of hydrogen-bond donors (Lipinski definition) is 1. The van der Waals surface area contributed by atoms with Gasteiger partial charge in [-0.05, 0) is 57.3 Å². The van der Waals surface area contributed by atoms with Crippen LogP contribution in [-0.4, -0.2) is 66.7 Å². The molecule has 1 amide bonds. The van der Waals surface area contributed by atoms with E-state index in [-0.39, 0.29) is 23.7 Å². The minimum atomic E-state index is -0.259. The Hall–Kier alpha value is -2.72. The van der Waals surface area contributed by atoms with Crippen molar-refractivity contribution in [2.24, 2.45) is 5.92 Å². The fourth-order valence-electron chi connectivity index (χ4n) is 5.39. The highest BCUT2D eigenvalue weighted by Crippen LogP contribution is 2.36. The number of thioether (sulfide) groups is 1. The van der Waals surface area contributed by atoms with Crippen molar-refractivity contribution < 1.29 is 9.18 Å². The Morgan fingerprint density at radius 3 is 2.51 bits per heavy atom. The van der Waals surface area contributed by atoms with E-state index in [1.165, 1.54) is 12.1 Å². The molecule has 0 aliphatic carbocycles. The highest BCUT2D eigenvalue weighted by Gasteiger charge is 2.32. The van der Waals surface area contributed by atoms with E-state index in [0.29, 0.717) is 16.7 Å². The van der Waals surface area contributed by atoms with Crippen LogP contribution in [0.5, 0.6) is 0 Å². The lowest BCUT2D eigenvalue weighted by Crippen LogP contribution is -2.45. The molecule has 1 atom stereocenters. The minimum Gasteiger partial charge on any atom is -0.368 e. The number of fused-ring (bicyclic) bond motifs is 1. The monoisotopic (exact) mass is 525 g/mol. The smallest absolute Gasteiger partial charge is 0.225 e. The van der Waals surface area contributed by atoms with E-state index in [1.807, 2.05) is 6.07 Å². The summed E-state index contributed by atoms with van der Waals surface area (Å²) in [6, 6.07) is 5.15. The van der Waals surface area contributed by atoms with Crippen molar-refractivity contribution in [3.63, 3.8) is 0 Å². The van der Waals surface area contributed by atoms with Crippen LogP contribution in [0.25, 0.3) is 11.0 Å². The highest BCUT2D eigenvalue weighted by molar-refractivity contribution is 7.99. The molecule has 4 heterocycles. The first-order valence-electron chi connectivity index (χ1n) is 13.3. The average molecular weight is 526 g/mol. The Morgan fingerprint density at radius 2 is 1.84 bits per heavy atom. The number of nitrogens with zero attached hydrogens (tertiary/aromatic N) is 6. The second-order valence-electron chi connectivity index (χ2n) is 10.3. The summed E-state index contributed by atoms with van der Waals surface area (Å²) in [6.45, 7) is 8.44. The van der Waals surface area contributed by atoms with Gasteiger partial charge in [-0.15, -0.1) is 0 Å². The number of amides is 1. The molecular weight excluding hydrogens is 489 g/mol. The number of imidazole rings is 1. The zero-order chi connectivity index (χ0) is 25.9. The lowest BCUT2D eigenvalue weighted by molar-refractivity contribution is -0.138. The summed E-state index contributed by atoms with van der Waals surface area (Å²) in [5.74, 6) is 0.410. The number of carbonyl (C=O) groups is 1. The first kappa shape index (κ1) is 25.9. The van der Waals surface area contributed by atoms with Gasteiger partial charge in [0, 0.05) is 60.9 Å². The summed E-state index contributed by atoms with van der Waals surface area (Å²) in [4.78, 5) is 30.7. The molecule has 0 spiro atoms. The van der Waals surface area contributed by atoms with E-state index in [9.17, 15) is 9.18 Å². The summed E-state index contributed by atoms with van der Waals surface area (Å²) in [7, 11) is 0. The van der Waals surface area contributed by atoms with Crippen LogP contribution in [0.15, 0.2) is 35.7 Å². The maximum absolute atomic E-state index is 13.9. The first-order valence-corrected chi connectivity index (χ1v) is 14.2. The van der Waals surface area contributed by atoms with E-state index in [4.69, 9.17) is 10.7 Å². The molecular formula is C27H36FN7OS. The summed E-state index contributed by atoms with van der Waals surface area (Å²) in [5, 5.41) is 1.39. The molecule has 2 aliphatic rings. The third-order valence-electron chi connectivity index (χ3n) is 7.71. The first-order chi connectivity index (χ1) is 17.9. The van der Waals surface area contributed by atoms with E-state index in [2.05, 4.69) is 38.2 Å². The maximum atomic E-state index is 13.9. The van der Waals surface area contributed by atoms with Crippen LogP contribution in [0.1, 0.15) is 57.6 Å². The van der Waals surface area contributed by atoms with Gasteiger partial charge in [0.2, 0.25) is 11.9 Å². The van der Waals surface area contributed by atoms with Crippen LogP contribution in [0, 0.1) is 11.7 Å². The molecule has 5 rings (SSSR count). The highest BCUT2D eigenvalue weighted by atomic mass is 32.2. The van der Waals surface area contributed by atoms with Gasteiger partial charge in [0.05, 0.1) is 11.0 Å². The summed E-state index contributed by atoms with van der Waals surface area (Å²) < 4.78 is 16.2. The summed E-state index contributed by atoms with van der Waals surface area (Å²) >= 11 is 1.76. The van der Waals surface area contributed by atoms with E-state index >= 15 is 0 Å². The van der Waals surface area contributed by atoms with Crippen LogP contribution >= 0.6 is 11.8 Å².